The Bertz CT molecular complexity index is 808. The zero-order valence-electron chi connectivity index (χ0n) is 16.1. The predicted octanol–water partition coefficient (Wildman–Crippen LogP) is 2.74. The zero-order valence-corrected chi connectivity index (χ0v) is 16.1. The van der Waals surface area contributed by atoms with E-state index in [2.05, 4.69) is 21.5 Å². The molecule has 0 saturated carbocycles. The highest BCUT2D eigenvalue weighted by molar-refractivity contribution is 5.77. The van der Waals surface area contributed by atoms with Gasteiger partial charge < -0.3 is 14.8 Å². The minimum Gasteiger partial charge on any atom is -0.493 e. The Morgan fingerprint density at radius 2 is 2.11 bits per heavy atom. The molecule has 0 aliphatic carbocycles. The molecule has 0 bridgehead atoms. The van der Waals surface area contributed by atoms with Crippen LogP contribution in [0.25, 0.3) is 0 Å². The molecular formula is C21H25N3O4. The number of benzene rings is 1. The second kappa shape index (κ2) is 8.42. The number of hydrogen-bond acceptors (Lipinski definition) is 6. The second-order valence-corrected chi connectivity index (χ2v) is 7.29. The highest BCUT2D eigenvalue weighted by Gasteiger charge is 2.41. The molecule has 2 aliphatic rings. The minimum absolute atomic E-state index is 0.0920. The number of hydrogen-bond donors (Lipinski definition) is 1. The third-order valence-corrected chi connectivity index (χ3v) is 5.44. The quantitative estimate of drug-likeness (QED) is 0.524. The Balaban J connectivity index is 1.64. The first-order chi connectivity index (χ1) is 13.5. The van der Waals surface area contributed by atoms with Gasteiger partial charge in [0.05, 0.1) is 20.1 Å². The Morgan fingerprint density at radius 3 is 2.82 bits per heavy atom. The van der Waals surface area contributed by atoms with E-state index in [4.69, 9.17) is 15.9 Å². The molecule has 1 amide bonds. The number of carbonyl (C=O) groups excluding carboxylic acids is 2. The van der Waals surface area contributed by atoms with Crippen LogP contribution in [0.2, 0.25) is 0 Å². The Morgan fingerprint density at radius 1 is 1.32 bits per heavy atom. The van der Waals surface area contributed by atoms with Crippen molar-refractivity contribution < 1.29 is 19.1 Å². The van der Waals surface area contributed by atoms with Gasteiger partial charge in [-0.2, -0.15) is 10.2 Å². The van der Waals surface area contributed by atoms with Gasteiger partial charge in [0, 0.05) is 43.2 Å². The van der Waals surface area contributed by atoms with Crippen LogP contribution >= 0.6 is 0 Å². The SMILES string of the molecule is C#CCCC1(CCC(=O)NCC2(CC(=O)OC)CCOc3ccccc32)N=N1. The van der Waals surface area contributed by atoms with E-state index >= 15 is 0 Å². The van der Waals surface area contributed by atoms with Crippen LogP contribution in [-0.2, 0) is 19.7 Å². The molecule has 1 unspecified atom stereocenters. The van der Waals surface area contributed by atoms with Crippen LogP contribution in [0.3, 0.4) is 0 Å². The van der Waals surface area contributed by atoms with Crippen molar-refractivity contribution in [2.24, 2.45) is 10.2 Å². The summed E-state index contributed by atoms with van der Waals surface area (Å²) in [5, 5.41) is 11.1. The van der Waals surface area contributed by atoms with Crippen molar-refractivity contribution in [1.82, 2.24) is 5.32 Å². The summed E-state index contributed by atoms with van der Waals surface area (Å²) >= 11 is 0. The van der Waals surface area contributed by atoms with Crippen LogP contribution < -0.4 is 10.1 Å². The van der Waals surface area contributed by atoms with Gasteiger partial charge in [0.15, 0.2) is 5.66 Å². The average Bonchev–Trinajstić information content (AvgIpc) is 3.50. The summed E-state index contributed by atoms with van der Waals surface area (Å²) in [5.41, 5.74) is -0.101. The molecule has 1 N–H and O–H groups in total. The molecule has 0 radical (unpaired) electrons. The first kappa shape index (κ1) is 19.9. The number of terminal acetylenes is 1. The normalized spacial score (nSPS) is 21.0. The number of rotatable bonds is 9. The summed E-state index contributed by atoms with van der Waals surface area (Å²) in [6.07, 6.45) is 8.22. The van der Waals surface area contributed by atoms with Crippen LogP contribution in [0.5, 0.6) is 5.75 Å². The largest absolute Gasteiger partial charge is 0.493 e. The number of nitrogens with one attached hydrogen (secondary N) is 1. The smallest absolute Gasteiger partial charge is 0.306 e. The van der Waals surface area contributed by atoms with Crippen molar-refractivity contribution >= 4 is 11.9 Å². The maximum atomic E-state index is 12.5. The molecular weight excluding hydrogens is 358 g/mol. The number of esters is 1. The third-order valence-electron chi connectivity index (χ3n) is 5.44. The van der Waals surface area contributed by atoms with E-state index in [0.717, 1.165) is 11.3 Å². The summed E-state index contributed by atoms with van der Waals surface area (Å²) in [6, 6.07) is 7.63. The third kappa shape index (κ3) is 4.50. The standard InChI is InChI=1S/C21H25N3O4/c1-3-4-10-21(23-24-21)11-9-18(25)22-15-20(14-19(26)27-2)12-13-28-17-8-6-5-7-16(17)20/h1,5-8H,4,9-15H2,2H3,(H,22,25). The number of carbonyl (C=O) groups is 2. The fourth-order valence-corrected chi connectivity index (χ4v) is 3.64. The fourth-order valence-electron chi connectivity index (χ4n) is 3.64. The first-order valence-corrected chi connectivity index (χ1v) is 9.46. The molecule has 1 aromatic carbocycles. The zero-order chi connectivity index (χ0) is 20.0. The van der Waals surface area contributed by atoms with E-state index in [0.29, 0.717) is 45.3 Å². The van der Waals surface area contributed by atoms with E-state index in [1.54, 1.807) is 0 Å². The number of methoxy groups -OCH3 is 1. The molecule has 3 rings (SSSR count). The van der Waals surface area contributed by atoms with Gasteiger partial charge in [0.1, 0.15) is 5.75 Å². The van der Waals surface area contributed by atoms with Crippen LogP contribution in [0.15, 0.2) is 34.5 Å². The van der Waals surface area contributed by atoms with Crippen LogP contribution in [0, 0.1) is 12.3 Å². The Labute approximate surface area is 164 Å². The van der Waals surface area contributed by atoms with Gasteiger partial charge in [-0.1, -0.05) is 18.2 Å². The lowest BCUT2D eigenvalue weighted by molar-refractivity contribution is -0.142. The Hall–Kier alpha value is -2.88. The fraction of sp³-hybridized carbons (Fsp3) is 0.524. The van der Waals surface area contributed by atoms with Crippen molar-refractivity contribution in [3.8, 4) is 18.1 Å². The summed E-state index contributed by atoms with van der Waals surface area (Å²) in [7, 11) is 1.37. The van der Waals surface area contributed by atoms with Gasteiger partial charge in [-0.25, -0.2) is 0 Å². The molecule has 7 heteroatoms. The molecule has 0 spiro atoms. The van der Waals surface area contributed by atoms with Gasteiger partial charge in [-0.05, 0) is 12.5 Å². The van der Waals surface area contributed by atoms with Crippen molar-refractivity contribution in [3.05, 3.63) is 29.8 Å². The van der Waals surface area contributed by atoms with Gasteiger partial charge in [-0.3, -0.25) is 9.59 Å². The van der Waals surface area contributed by atoms with Gasteiger partial charge in [0.2, 0.25) is 5.91 Å². The van der Waals surface area contributed by atoms with E-state index in [1.807, 2.05) is 24.3 Å². The molecule has 7 nitrogen and oxygen atoms in total. The van der Waals surface area contributed by atoms with E-state index in [9.17, 15) is 9.59 Å². The highest BCUT2D eigenvalue weighted by Crippen LogP contribution is 2.41. The Kier molecular flexibility index (Phi) is 5.98. The lowest BCUT2D eigenvalue weighted by Gasteiger charge is -2.38. The molecule has 0 aromatic heterocycles. The monoisotopic (exact) mass is 383 g/mol. The summed E-state index contributed by atoms with van der Waals surface area (Å²) in [5.74, 6) is 2.93. The molecule has 2 heterocycles. The van der Waals surface area contributed by atoms with Gasteiger partial charge in [-0.15, -0.1) is 12.3 Å². The summed E-state index contributed by atoms with van der Waals surface area (Å²) in [6.45, 7) is 0.823. The topological polar surface area (TPSA) is 89.4 Å². The maximum absolute atomic E-state index is 12.5. The summed E-state index contributed by atoms with van der Waals surface area (Å²) in [4.78, 5) is 24.6. The molecule has 2 aliphatic heterocycles. The van der Waals surface area contributed by atoms with Crippen molar-refractivity contribution in [2.45, 2.75) is 49.6 Å². The lowest BCUT2D eigenvalue weighted by Crippen LogP contribution is -2.45. The number of fused-ring (bicyclic) bond motifs is 1. The van der Waals surface area contributed by atoms with Gasteiger partial charge in [0.25, 0.3) is 0 Å². The van der Waals surface area contributed by atoms with Crippen LogP contribution in [0.4, 0.5) is 0 Å². The molecule has 28 heavy (non-hydrogen) atoms. The second-order valence-electron chi connectivity index (χ2n) is 7.29. The molecule has 148 valence electrons. The predicted molar refractivity (Wildman–Crippen MR) is 103 cm³/mol. The highest BCUT2D eigenvalue weighted by atomic mass is 16.5. The number of nitrogens with zero attached hydrogens (tertiary/aromatic N) is 2. The van der Waals surface area contributed by atoms with E-state index in [1.165, 1.54) is 7.11 Å². The molecule has 0 fully saturated rings. The summed E-state index contributed by atoms with van der Waals surface area (Å²) < 4.78 is 10.6. The van der Waals surface area contributed by atoms with Crippen LogP contribution in [-0.4, -0.2) is 37.8 Å². The molecule has 1 atom stereocenters. The first-order valence-electron chi connectivity index (χ1n) is 9.46. The minimum atomic E-state index is -0.549. The number of para-hydroxylation sites is 1. The maximum Gasteiger partial charge on any atom is 0.306 e. The van der Waals surface area contributed by atoms with Crippen molar-refractivity contribution in [1.29, 1.82) is 0 Å². The molecule has 0 saturated heterocycles. The van der Waals surface area contributed by atoms with E-state index in [-0.39, 0.29) is 18.3 Å². The number of ether oxygens (including phenoxy) is 2. The van der Waals surface area contributed by atoms with Gasteiger partial charge >= 0.3 is 5.97 Å². The lowest BCUT2D eigenvalue weighted by atomic mass is 9.73. The van der Waals surface area contributed by atoms with Crippen molar-refractivity contribution in [2.75, 3.05) is 20.3 Å². The van der Waals surface area contributed by atoms with Crippen molar-refractivity contribution in [3.63, 3.8) is 0 Å². The molecule has 1 aromatic rings. The van der Waals surface area contributed by atoms with E-state index < -0.39 is 11.1 Å². The average molecular weight is 383 g/mol. The number of amides is 1. The van der Waals surface area contributed by atoms with Crippen LogP contribution in [0.1, 0.15) is 44.1 Å².